The van der Waals surface area contributed by atoms with Crippen molar-refractivity contribution in [1.29, 1.82) is 0 Å². The van der Waals surface area contributed by atoms with Crippen molar-refractivity contribution >= 4 is 5.97 Å². The van der Waals surface area contributed by atoms with Crippen molar-refractivity contribution in [2.45, 2.75) is 59.5 Å². The van der Waals surface area contributed by atoms with E-state index in [9.17, 15) is 4.79 Å². The Morgan fingerprint density at radius 2 is 1.67 bits per heavy atom. The lowest BCUT2D eigenvalue weighted by Crippen LogP contribution is -2.55. The van der Waals surface area contributed by atoms with Crippen molar-refractivity contribution < 1.29 is 9.53 Å². The van der Waals surface area contributed by atoms with Crippen LogP contribution in [0.1, 0.15) is 48.5 Å². The Hall–Kier alpha value is -0.570. The first-order valence-electron chi connectivity index (χ1n) is 5.51. The van der Waals surface area contributed by atoms with E-state index in [2.05, 4.69) is 5.32 Å². The van der Waals surface area contributed by atoms with Crippen LogP contribution in [0.3, 0.4) is 0 Å². The second-order valence-corrected chi connectivity index (χ2v) is 5.99. The van der Waals surface area contributed by atoms with Gasteiger partial charge in [0.2, 0.25) is 0 Å². The van der Waals surface area contributed by atoms with Gasteiger partial charge >= 0.3 is 5.97 Å². The maximum atomic E-state index is 11.8. The lowest BCUT2D eigenvalue weighted by molar-refractivity contribution is -0.152. The van der Waals surface area contributed by atoms with Crippen molar-refractivity contribution in [3.05, 3.63) is 0 Å². The molecule has 0 heterocycles. The molecule has 0 rings (SSSR count). The maximum absolute atomic E-state index is 11.8. The minimum Gasteiger partial charge on any atom is -0.464 e. The van der Waals surface area contributed by atoms with Crippen LogP contribution in [-0.4, -0.2) is 23.7 Å². The fourth-order valence-electron chi connectivity index (χ4n) is 1.41. The van der Waals surface area contributed by atoms with Crippen molar-refractivity contribution in [1.82, 2.24) is 5.32 Å². The van der Waals surface area contributed by atoms with Gasteiger partial charge in [-0.05, 0) is 40.5 Å². The Bertz CT molecular complexity index is 214. The van der Waals surface area contributed by atoms with Crippen molar-refractivity contribution in [3.63, 3.8) is 0 Å². The predicted octanol–water partition coefficient (Wildman–Crippen LogP) is 2.35. The van der Waals surface area contributed by atoms with E-state index < -0.39 is 5.54 Å². The van der Waals surface area contributed by atoms with Crippen LogP contribution in [0.5, 0.6) is 0 Å². The summed E-state index contributed by atoms with van der Waals surface area (Å²) >= 11 is 0. The summed E-state index contributed by atoms with van der Waals surface area (Å²) in [4.78, 5) is 11.8. The second-order valence-electron chi connectivity index (χ2n) is 5.99. The predicted molar refractivity (Wildman–Crippen MR) is 62.8 cm³/mol. The van der Waals surface area contributed by atoms with Gasteiger partial charge in [-0.15, -0.1) is 0 Å². The van der Waals surface area contributed by atoms with Crippen LogP contribution in [0.15, 0.2) is 0 Å². The van der Waals surface area contributed by atoms with Gasteiger partial charge in [0.25, 0.3) is 0 Å². The number of nitrogens with one attached hydrogen (secondary N) is 1. The van der Waals surface area contributed by atoms with Crippen LogP contribution in [0.2, 0.25) is 0 Å². The first kappa shape index (κ1) is 14.4. The molecule has 90 valence electrons. The molecule has 0 saturated heterocycles. The molecular weight excluding hydrogens is 190 g/mol. The molecule has 0 atom stereocenters. The minimum atomic E-state index is -0.632. The van der Waals surface area contributed by atoms with E-state index >= 15 is 0 Å². The smallest absolute Gasteiger partial charge is 0.325 e. The number of hydrogen-bond donors (Lipinski definition) is 1. The van der Waals surface area contributed by atoms with Gasteiger partial charge in [-0.25, -0.2) is 0 Å². The molecule has 0 bridgehead atoms. The monoisotopic (exact) mass is 215 g/mol. The molecule has 3 nitrogen and oxygen atoms in total. The molecule has 0 saturated carbocycles. The minimum absolute atomic E-state index is 0.0969. The zero-order chi connectivity index (χ0) is 12.3. The summed E-state index contributed by atoms with van der Waals surface area (Å²) in [5.74, 6) is 0.186. The second kappa shape index (κ2) is 4.97. The average molecular weight is 215 g/mol. The van der Waals surface area contributed by atoms with Crippen molar-refractivity contribution in [3.8, 4) is 0 Å². The third kappa shape index (κ3) is 6.50. The first-order chi connectivity index (χ1) is 6.54. The summed E-state index contributed by atoms with van der Waals surface area (Å²) in [6, 6.07) is 0. The van der Waals surface area contributed by atoms with Crippen LogP contribution in [-0.2, 0) is 9.53 Å². The first-order valence-corrected chi connectivity index (χ1v) is 5.51. The zero-order valence-electron chi connectivity index (χ0n) is 11.1. The van der Waals surface area contributed by atoms with Gasteiger partial charge in [0.15, 0.2) is 0 Å². The highest BCUT2D eigenvalue weighted by atomic mass is 16.5. The molecule has 0 aromatic carbocycles. The molecule has 0 fully saturated rings. The van der Waals surface area contributed by atoms with E-state index in [1.165, 1.54) is 0 Å². The molecule has 0 unspecified atom stereocenters. The van der Waals surface area contributed by atoms with Gasteiger partial charge in [-0.1, -0.05) is 13.8 Å². The highest BCUT2D eigenvalue weighted by Crippen LogP contribution is 2.12. The number of rotatable bonds is 4. The third-order valence-corrected chi connectivity index (χ3v) is 1.75. The van der Waals surface area contributed by atoms with E-state index in [0.717, 1.165) is 0 Å². The molecule has 0 aromatic heterocycles. The highest BCUT2D eigenvalue weighted by molar-refractivity contribution is 5.79. The van der Waals surface area contributed by atoms with Crippen LogP contribution in [0.25, 0.3) is 0 Å². The van der Waals surface area contributed by atoms with Crippen molar-refractivity contribution in [2.24, 2.45) is 5.92 Å². The lowest BCUT2D eigenvalue weighted by atomic mass is 9.99. The Labute approximate surface area is 93.6 Å². The van der Waals surface area contributed by atoms with Gasteiger partial charge in [-0.3, -0.25) is 10.1 Å². The quantitative estimate of drug-likeness (QED) is 0.732. The molecule has 0 radical (unpaired) electrons. The molecule has 0 aliphatic rings. The normalized spacial score (nSPS) is 13.1. The molecule has 0 aliphatic carbocycles. The van der Waals surface area contributed by atoms with E-state index in [1.54, 1.807) is 0 Å². The van der Waals surface area contributed by atoms with E-state index in [4.69, 9.17) is 4.74 Å². The zero-order valence-corrected chi connectivity index (χ0v) is 11.1. The van der Waals surface area contributed by atoms with Crippen LogP contribution in [0.4, 0.5) is 0 Å². The van der Waals surface area contributed by atoms with Gasteiger partial charge in [0, 0.05) is 5.54 Å². The fourth-order valence-corrected chi connectivity index (χ4v) is 1.41. The SMILES string of the molecule is CC(C)COC(=O)C(C)(C)NC(C)(C)C. The largest absolute Gasteiger partial charge is 0.464 e. The van der Waals surface area contributed by atoms with Gasteiger partial charge < -0.3 is 4.74 Å². The summed E-state index contributed by atoms with van der Waals surface area (Å²) in [6.07, 6.45) is 0. The molecule has 1 N–H and O–H groups in total. The third-order valence-electron chi connectivity index (χ3n) is 1.75. The lowest BCUT2D eigenvalue weighted by Gasteiger charge is -2.33. The molecule has 0 amide bonds. The number of hydrogen-bond acceptors (Lipinski definition) is 3. The Morgan fingerprint density at radius 1 is 1.20 bits per heavy atom. The van der Waals surface area contributed by atoms with Crippen LogP contribution < -0.4 is 5.32 Å². The van der Waals surface area contributed by atoms with Gasteiger partial charge in [0.05, 0.1) is 6.61 Å². The Balaban J connectivity index is 4.27. The van der Waals surface area contributed by atoms with Gasteiger partial charge in [0.1, 0.15) is 5.54 Å². The summed E-state index contributed by atoms with van der Waals surface area (Å²) < 4.78 is 5.21. The summed E-state index contributed by atoms with van der Waals surface area (Å²) in [7, 11) is 0. The Kier molecular flexibility index (Phi) is 4.78. The molecular formula is C12H25NO2. The van der Waals surface area contributed by atoms with E-state index in [-0.39, 0.29) is 11.5 Å². The topological polar surface area (TPSA) is 38.3 Å². The summed E-state index contributed by atoms with van der Waals surface area (Å²) in [5.41, 5.74) is -0.729. The maximum Gasteiger partial charge on any atom is 0.325 e. The molecule has 0 spiro atoms. The van der Waals surface area contributed by atoms with E-state index in [0.29, 0.717) is 12.5 Å². The fraction of sp³-hybridized carbons (Fsp3) is 0.917. The van der Waals surface area contributed by atoms with Gasteiger partial charge in [-0.2, -0.15) is 0 Å². The number of ether oxygens (including phenoxy) is 1. The van der Waals surface area contributed by atoms with Crippen molar-refractivity contribution in [2.75, 3.05) is 6.61 Å². The van der Waals surface area contributed by atoms with E-state index in [1.807, 2.05) is 48.5 Å². The standard InChI is InChI=1S/C12H25NO2/c1-9(2)8-15-10(14)12(6,7)13-11(3,4)5/h9,13H,8H2,1-7H3. The molecule has 15 heavy (non-hydrogen) atoms. The molecule has 3 heteroatoms. The van der Waals surface area contributed by atoms with Crippen LogP contribution >= 0.6 is 0 Å². The molecule has 0 aliphatic heterocycles. The highest BCUT2D eigenvalue weighted by Gasteiger charge is 2.32. The number of esters is 1. The summed E-state index contributed by atoms with van der Waals surface area (Å²) in [5, 5.41) is 3.24. The van der Waals surface area contributed by atoms with Crippen LogP contribution in [0, 0.1) is 5.92 Å². The summed E-state index contributed by atoms with van der Waals surface area (Å²) in [6.45, 7) is 14.3. The number of carbonyl (C=O) groups excluding carboxylic acids is 1. The molecule has 0 aromatic rings. The number of carbonyl (C=O) groups is 1. The average Bonchev–Trinajstić information content (AvgIpc) is 1.94. The Morgan fingerprint density at radius 3 is 2.00 bits per heavy atom.